The Morgan fingerprint density at radius 3 is 2.45 bits per heavy atom. The van der Waals surface area contributed by atoms with E-state index in [1.165, 1.54) is 45.1 Å². The monoisotopic (exact) mass is 280 g/mol. The average molecular weight is 280 g/mol. The molecule has 0 radical (unpaired) electrons. The van der Waals surface area contributed by atoms with Crippen molar-refractivity contribution in [1.82, 2.24) is 4.90 Å². The molecule has 118 valence electrons. The molecule has 2 heteroatoms. The molecule has 0 bridgehead atoms. The lowest BCUT2D eigenvalue weighted by atomic mass is 9.65. The van der Waals surface area contributed by atoms with Gasteiger partial charge in [0, 0.05) is 11.6 Å². The highest BCUT2D eigenvalue weighted by atomic mass is 15.2. The van der Waals surface area contributed by atoms with Crippen LogP contribution in [-0.2, 0) is 0 Å². The minimum atomic E-state index is 0.385. The number of nitrogens with two attached hydrogens (primary N) is 1. The lowest BCUT2D eigenvalue weighted by Crippen LogP contribution is -2.53. The number of nitrogens with zero attached hydrogens (tertiary/aromatic N) is 1. The van der Waals surface area contributed by atoms with Crippen LogP contribution in [0.2, 0.25) is 0 Å². The van der Waals surface area contributed by atoms with Crippen molar-refractivity contribution in [2.45, 2.75) is 84.7 Å². The Morgan fingerprint density at radius 2 is 1.95 bits per heavy atom. The first-order chi connectivity index (χ1) is 9.31. The standard InChI is InChI=1S/C18H36N2/c1-6-17(2,3)15-9-8-14(13-19)16(12-15)20-11-7-10-18(20,4)5/h14-16H,6-13,19H2,1-5H3. The largest absolute Gasteiger partial charge is 0.330 e. The van der Waals surface area contributed by atoms with E-state index in [2.05, 4.69) is 39.5 Å². The van der Waals surface area contributed by atoms with Gasteiger partial charge in [0.25, 0.3) is 0 Å². The lowest BCUT2D eigenvalue weighted by Gasteiger charge is -2.49. The van der Waals surface area contributed by atoms with E-state index >= 15 is 0 Å². The molecule has 0 aromatic carbocycles. The van der Waals surface area contributed by atoms with Crippen LogP contribution in [0.25, 0.3) is 0 Å². The van der Waals surface area contributed by atoms with Crippen molar-refractivity contribution in [3.05, 3.63) is 0 Å². The summed E-state index contributed by atoms with van der Waals surface area (Å²) in [6.45, 7) is 14.3. The molecular formula is C18H36N2. The first-order valence-corrected chi connectivity index (χ1v) is 8.78. The molecule has 0 spiro atoms. The molecule has 1 saturated carbocycles. The molecule has 1 saturated heterocycles. The molecule has 0 amide bonds. The SMILES string of the molecule is CCC(C)(C)C1CCC(CN)C(N2CCCC2(C)C)C1. The highest BCUT2D eigenvalue weighted by Gasteiger charge is 2.44. The van der Waals surface area contributed by atoms with Crippen molar-refractivity contribution < 1.29 is 0 Å². The molecule has 2 N–H and O–H groups in total. The molecule has 2 rings (SSSR count). The highest BCUT2D eigenvalue weighted by Crippen LogP contribution is 2.46. The Bertz CT molecular complexity index is 321. The van der Waals surface area contributed by atoms with Gasteiger partial charge in [0.15, 0.2) is 0 Å². The van der Waals surface area contributed by atoms with E-state index in [0.717, 1.165) is 24.4 Å². The average Bonchev–Trinajstić information content (AvgIpc) is 2.77. The normalized spacial score (nSPS) is 35.4. The van der Waals surface area contributed by atoms with Crippen LogP contribution >= 0.6 is 0 Å². The second-order valence-corrected chi connectivity index (χ2v) is 8.52. The molecule has 1 aliphatic carbocycles. The molecule has 1 aliphatic heterocycles. The van der Waals surface area contributed by atoms with Gasteiger partial charge in [-0.05, 0) is 76.3 Å². The van der Waals surface area contributed by atoms with Crippen LogP contribution in [0.1, 0.15) is 73.1 Å². The summed E-state index contributed by atoms with van der Waals surface area (Å²) in [5, 5.41) is 0. The highest BCUT2D eigenvalue weighted by molar-refractivity contribution is 4.98. The van der Waals surface area contributed by atoms with E-state index < -0.39 is 0 Å². The zero-order valence-electron chi connectivity index (χ0n) is 14.4. The van der Waals surface area contributed by atoms with Gasteiger partial charge in [0.1, 0.15) is 0 Å². The maximum atomic E-state index is 6.11. The van der Waals surface area contributed by atoms with Gasteiger partial charge in [0.05, 0.1) is 0 Å². The zero-order valence-corrected chi connectivity index (χ0v) is 14.4. The number of hydrogen-bond donors (Lipinski definition) is 1. The van der Waals surface area contributed by atoms with Crippen LogP contribution in [0.15, 0.2) is 0 Å². The fourth-order valence-electron chi connectivity index (χ4n) is 4.61. The molecule has 2 aliphatic rings. The summed E-state index contributed by atoms with van der Waals surface area (Å²) >= 11 is 0. The van der Waals surface area contributed by atoms with E-state index in [4.69, 9.17) is 5.73 Å². The molecule has 0 aromatic rings. The predicted molar refractivity (Wildman–Crippen MR) is 87.8 cm³/mol. The fraction of sp³-hybridized carbons (Fsp3) is 1.00. The van der Waals surface area contributed by atoms with E-state index in [1.807, 2.05) is 0 Å². The molecular weight excluding hydrogens is 244 g/mol. The third-order valence-electron chi connectivity index (χ3n) is 6.64. The predicted octanol–water partition coefficient (Wildman–Crippen LogP) is 4.04. The molecule has 1 heterocycles. The van der Waals surface area contributed by atoms with Crippen LogP contribution in [0.5, 0.6) is 0 Å². The van der Waals surface area contributed by atoms with Gasteiger partial charge in [-0.15, -0.1) is 0 Å². The Labute approximate surface area is 126 Å². The van der Waals surface area contributed by atoms with Crippen molar-refractivity contribution >= 4 is 0 Å². The maximum Gasteiger partial charge on any atom is 0.0156 e. The van der Waals surface area contributed by atoms with Crippen LogP contribution < -0.4 is 5.73 Å². The van der Waals surface area contributed by atoms with Crippen molar-refractivity contribution in [2.24, 2.45) is 23.0 Å². The fourth-order valence-corrected chi connectivity index (χ4v) is 4.61. The van der Waals surface area contributed by atoms with Crippen LogP contribution in [0.4, 0.5) is 0 Å². The number of hydrogen-bond acceptors (Lipinski definition) is 2. The lowest BCUT2D eigenvalue weighted by molar-refractivity contribution is 0.00765. The third kappa shape index (κ3) is 3.06. The summed E-state index contributed by atoms with van der Waals surface area (Å²) in [4.78, 5) is 2.81. The number of rotatable bonds is 4. The second kappa shape index (κ2) is 5.96. The molecule has 3 atom stereocenters. The van der Waals surface area contributed by atoms with Gasteiger partial charge in [-0.1, -0.05) is 27.2 Å². The van der Waals surface area contributed by atoms with Crippen LogP contribution in [0.3, 0.4) is 0 Å². The van der Waals surface area contributed by atoms with E-state index in [0.29, 0.717) is 11.0 Å². The quantitative estimate of drug-likeness (QED) is 0.842. The van der Waals surface area contributed by atoms with Crippen LogP contribution in [-0.4, -0.2) is 29.6 Å². The van der Waals surface area contributed by atoms with E-state index in [1.54, 1.807) is 0 Å². The smallest absolute Gasteiger partial charge is 0.0156 e. The van der Waals surface area contributed by atoms with Crippen molar-refractivity contribution in [3.63, 3.8) is 0 Å². The maximum absolute atomic E-state index is 6.11. The minimum Gasteiger partial charge on any atom is -0.330 e. The van der Waals surface area contributed by atoms with Crippen molar-refractivity contribution in [3.8, 4) is 0 Å². The molecule has 0 aromatic heterocycles. The van der Waals surface area contributed by atoms with Crippen LogP contribution in [0, 0.1) is 17.3 Å². The molecule has 2 nitrogen and oxygen atoms in total. The summed E-state index contributed by atoms with van der Waals surface area (Å²) in [6.07, 6.45) is 8.09. The first-order valence-electron chi connectivity index (χ1n) is 8.78. The van der Waals surface area contributed by atoms with Gasteiger partial charge in [-0.3, -0.25) is 4.90 Å². The van der Waals surface area contributed by atoms with Gasteiger partial charge in [-0.2, -0.15) is 0 Å². The summed E-state index contributed by atoms with van der Waals surface area (Å²) in [6, 6.07) is 0.724. The number of likely N-dealkylation sites (tertiary alicyclic amines) is 1. The third-order valence-corrected chi connectivity index (χ3v) is 6.64. The Balaban J connectivity index is 2.15. The van der Waals surface area contributed by atoms with Crippen molar-refractivity contribution in [2.75, 3.05) is 13.1 Å². The molecule has 20 heavy (non-hydrogen) atoms. The van der Waals surface area contributed by atoms with Gasteiger partial charge >= 0.3 is 0 Å². The second-order valence-electron chi connectivity index (χ2n) is 8.52. The summed E-state index contributed by atoms with van der Waals surface area (Å²) < 4.78 is 0. The first kappa shape index (κ1) is 16.3. The Kier molecular flexibility index (Phi) is 4.86. The van der Waals surface area contributed by atoms with E-state index in [9.17, 15) is 0 Å². The van der Waals surface area contributed by atoms with Gasteiger partial charge < -0.3 is 5.73 Å². The minimum absolute atomic E-state index is 0.385. The Morgan fingerprint density at radius 1 is 1.25 bits per heavy atom. The Hall–Kier alpha value is -0.0800. The summed E-state index contributed by atoms with van der Waals surface area (Å²) in [5.41, 5.74) is 6.98. The van der Waals surface area contributed by atoms with Gasteiger partial charge in [0.2, 0.25) is 0 Å². The zero-order chi connectivity index (χ0) is 15.0. The molecule has 3 unspecified atom stereocenters. The van der Waals surface area contributed by atoms with Crippen molar-refractivity contribution in [1.29, 1.82) is 0 Å². The van der Waals surface area contributed by atoms with E-state index in [-0.39, 0.29) is 0 Å². The summed E-state index contributed by atoms with van der Waals surface area (Å²) in [5.74, 6) is 1.59. The molecule has 2 fully saturated rings. The topological polar surface area (TPSA) is 29.3 Å². The van der Waals surface area contributed by atoms with Gasteiger partial charge in [-0.25, -0.2) is 0 Å². The summed E-state index contributed by atoms with van der Waals surface area (Å²) in [7, 11) is 0.